The molecule has 0 aromatic heterocycles. The van der Waals surface area contributed by atoms with Gasteiger partial charge in [0.25, 0.3) is 5.91 Å². The maximum Gasteiger partial charge on any atom is 0.250 e. The molecule has 0 radical (unpaired) electrons. The van der Waals surface area contributed by atoms with E-state index in [-0.39, 0.29) is 18.6 Å². The van der Waals surface area contributed by atoms with E-state index in [9.17, 15) is 9.59 Å². The molecule has 1 aliphatic heterocycles. The summed E-state index contributed by atoms with van der Waals surface area (Å²) in [7, 11) is 0. The second-order valence-electron chi connectivity index (χ2n) is 4.93. The van der Waals surface area contributed by atoms with E-state index in [2.05, 4.69) is 5.32 Å². The summed E-state index contributed by atoms with van der Waals surface area (Å²) in [6.45, 7) is 3.68. The normalized spacial score (nSPS) is 18.4. The van der Waals surface area contributed by atoms with Crippen molar-refractivity contribution in [2.24, 2.45) is 5.73 Å². The summed E-state index contributed by atoms with van der Waals surface area (Å²) in [4.78, 5) is 25.2. The Bertz CT molecular complexity index is 550. The molecule has 1 heterocycles. The highest BCUT2D eigenvalue weighted by atomic mass is 35.5. The maximum absolute atomic E-state index is 12.1. The summed E-state index contributed by atoms with van der Waals surface area (Å²) in [5, 5.41) is 3.40. The van der Waals surface area contributed by atoms with E-state index < -0.39 is 5.91 Å². The van der Waals surface area contributed by atoms with E-state index in [1.54, 1.807) is 17.0 Å². The minimum Gasteiger partial charge on any atom is -0.375 e. The number of halogens is 1. The van der Waals surface area contributed by atoms with Crippen molar-refractivity contribution >= 4 is 29.1 Å². The fraction of sp³-hybridized carbons (Fsp3) is 0.429. The number of hydrogen-bond donors (Lipinski definition) is 2. The SMILES string of the molecule is C[C@H]1CN(C(=O)CNc2cc(Cl)ccc2C(N)=O)CCO1. The van der Waals surface area contributed by atoms with Crippen LogP contribution >= 0.6 is 11.6 Å². The predicted octanol–water partition coefficient (Wildman–Crippen LogP) is 1.10. The highest BCUT2D eigenvalue weighted by Crippen LogP contribution is 2.20. The van der Waals surface area contributed by atoms with Crippen LogP contribution in [0, 0.1) is 0 Å². The molecule has 7 heteroatoms. The van der Waals surface area contributed by atoms with Gasteiger partial charge < -0.3 is 20.7 Å². The molecule has 0 unspecified atom stereocenters. The second-order valence-corrected chi connectivity index (χ2v) is 5.37. The Kier molecular flexibility index (Phi) is 5.03. The molecule has 1 aromatic carbocycles. The Morgan fingerprint density at radius 3 is 2.95 bits per heavy atom. The van der Waals surface area contributed by atoms with Gasteiger partial charge in [0.2, 0.25) is 5.91 Å². The molecule has 3 N–H and O–H groups in total. The Morgan fingerprint density at radius 2 is 2.29 bits per heavy atom. The van der Waals surface area contributed by atoms with E-state index in [0.717, 1.165) is 0 Å². The topological polar surface area (TPSA) is 84.7 Å². The summed E-state index contributed by atoms with van der Waals surface area (Å²) in [6.07, 6.45) is 0.0371. The van der Waals surface area contributed by atoms with Crippen LogP contribution in [0.1, 0.15) is 17.3 Å². The molecule has 2 amide bonds. The van der Waals surface area contributed by atoms with Gasteiger partial charge in [-0.15, -0.1) is 0 Å². The fourth-order valence-electron chi connectivity index (χ4n) is 2.21. The molecular weight excluding hydrogens is 294 g/mol. The summed E-state index contributed by atoms with van der Waals surface area (Å²) in [5.74, 6) is -0.623. The molecule has 1 atom stereocenters. The number of carbonyl (C=O) groups is 2. The highest BCUT2D eigenvalue weighted by molar-refractivity contribution is 6.31. The van der Waals surface area contributed by atoms with Crippen LogP contribution in [0.2, 0.25) is 5.02 Å². The van der Waals surface area contributed by atoms with Crippen molar-refractivity contribution < 1.29 is 14.3 Å². The zero-order chi connectivity index (χ0) is 15.4. The average Bonchev–Trinajstić information content (AvgIpc) is 2.44. The number of amides is 2. The Balaban J connectivity index is 2.00. The molecule has 1 aliphatic rings. The number of nitrogens with two attached hydrogens (primary N) is 1. The molecule has 21 heavy (non-hydrogen) atoms. The van der Waals surface area contributed by atoms with E-state index in [0.29, 0.717) is 36.0 Å². The molecule has 2 rings (SSSR count). The number of benzene rings is 1. The first-order valence-electron chi connectivity index (χ1n) is 6.70. The Labute approximate surface area is 128 Å². The van der Waals surface area contributed by atoms with Gasteiger partial charge in [-0.1, -0.05) is 11.6 Å². The molecule has 0 saturated carbocycles. The van der Waals surface area contributed by atoms with Crippen LogP contribution in [0.4, 0.5) is 5.69 Å². The number of primary amides is 1. The molecular formula is C14H18ClN3O3. The number of nitrogens with one attached hydrogen (secondary N) is 1. The van der Waals surface area contributed by atoms with Crippen molar-refractivity contribution in [3.8, 4) is 0 Å². The van der Waals surface area contributed by atoms with E-state index in [1.165, 1.54) is 6.07 Å². The van der Waals surface area contributed by atoms with Crippen LogP contribution in [0.5, 0.6) is 0 Å². The highest BCUT2D eigenvalue weighted by Gasteiger charge is 2.21. The lowest BCUT2D eigenvalue weighted by Gasteiger charge is -2.31. The molecule has 0 spiro atoms. The molecule has 0 bridgehead atoms. The number of ether oxygens (including phenoxy) is 1. The van der Waals surface area contributed by atoms with Crippen LogP contribution in [0.25, 0.3) is 0 Å². The van der Waals surface area contributed by atoms with Gasteiger partial charge >= 0.3 is 0 Å². The monoisotopic (exact) mass is 311 g/mol. The van der Waals surface area contributed by atoms with Gasteiger partial charge in [-0.05, 0) is 25.1 Å². The molecule has 1 fully saturated rings. The van der Waals surface area contributed by atoms with Crippen LogP contribution in [0.15, 0.2) is 18.2 Å². The fourth-order valence-corrected chi connectivity index (χ4v) is 2.38. The molecule has 1 saturated heterocycles. The third-order valence-corrected chi connectivity index (χ3v) is 3.51. The summed E-state index contributed by atoms with van der Waals surface area (Å²) in [5.41, 5.74) is 6.07. The van der Waals surface area contributed by atoms with Crippen molar-refractivity contribution in [2.75, 3.05) is 31.6 Å². The minimum absolute atomic E-state index is 0.0371. The number of anilines is 1. The first kappa shape index (κ1) is 15.6. The van der Waals surface area contributed by atoms with Crippen molar-refractivity contribution in [3.63, 3.8) is 0 Å². The Morgan fingerprint density at radius 1 is 1.52 bits per heavy atom. The van der Waals surface area contributed by atoms with Crippen molar-refractivity contribution in [1.82, 2.24) is 4.90 Å². The molecule has 1 aromatic rings. The summed E-state index contributed by atoms with van der Waals surface area (Å²) >= 11 is 5.90. The lowest BCUT2D eigenvalue weighted by Crippen LogP contribution is -2.46. The smallest absolute Gasteiger partial charge is 0.250 e. The number of carbonyl (C=O) groups excluding carboxylic acids is 2. The van der Waals surface area contributed by atoms with Gasteiger partial charge in [-0.2, -0.15) is 0 Å². The van der Waals surface area contributed by atoms with Crippen LogP contribution in [0.3, 0.4) is 0 Å². The minimum atomic E-state index is -0.568. The lowest BCUT2D eigenvalue weighted by molar-refractivity contribution is -0.136. The van der Waals surface area contributed by atoms with Crippen LogP contribution in [-0.2, 0) is 9.53 Å². The second kappa shape index (κ2) is 6.78. The zero-order valence-corrected chi connectivity index (χ0v) is 12.5. The van der Waals surface area contributed by atoms with Gasteiger partial charge in [0, 0.05) is 23.8 Å². The Hall–Kier alpha value is -1.79. The van der Waals surface area contributed by atoms with Gasteiger partial charge in [-0.3, -0.25) is 9.59 Å². The summed E-state index contributed by atoms with van der Waals surface area (Å²) < 4.78 is 5.39. The first-order valence-corrected chi connectivity index (χ1v) is 7.08. The first-order chi connectivity index (χ1) is 9.97. The zero-order valence-electron chi connectivity index (χ0n) is 11.8. The average molecular weight is 312 g/mol. The van der Waals surface area contributed by atoms with Gasteiger partial charge in [0.05, 0.1) is 24.8 Å². The number of morpholine rings is 1. The lowest BCUT2D eigenvalue weighted by atomic mass is 10.1. The van der Waals surface area contributed by atoms with E-state index in [4.69, 9.17) is 22.1 Å². The summed E-state index contributed by atoms with van der Waals surface area (Å²) in [6, 6.07) is 4.70. The quantitative estimate of drug-likeness (QED) is 0.872. The third kappa shape index (κ3) is 4.09. The molecule has 6 nitrogen and oxygen atoms in total. The van der Waals surface area contributed by atoms with Crippen molar-refractivity contribution in [3.05, 3.63) is 28.8 Å². The van der Waals surface area contributed by atoms with Crippen LogP contribution in [-0.4, -0.2) is 49.1 Å². The van der Waals surface area contributed by atoms with Crippen molar-refractivity contribution in [2.45, 2.75) is 13.0 Å². The number of rotatable bonds is 4. The van der Waals surface area contributed by atoms with Crippen molar-refractivity contribution in [1.29, 1.82) is 0 Å². The molecule has 0 aliphatic carbocycles. The number of hydrogen-bond acceptors (Lipinski definition) is 4. The van der Waals surface area contributed by atoms with Gasteiger partial charge in [-0.25, -0.2) is 0 Å². The van der Waals surface area contributed by atoms with E-state index in [1.807, 2.05) is 6.92 Å². The standard InChI is InChI=1S/C14H18ClN3O3/c1-9-8-18(4-5-21-9)13(19)7-17-12-6-10(15)2-3-11(12)14(16)20/h2-3,6,9,17H,4-5,7-8H2,1H3,(H2,16,20)/t9-/m0/s1. The predicted molar refractivity (Wildman–Crippen MR) is 80.5 cm³/mol. The molecule has 114 valence electrons. The number of nitrogens with zero attached hydrogens (tertiary/aromatic N) is 1. The van der Waals surface area contributed by atoms with Gasteiger partial charge in [0.1, 0.15) is 0 Å². The van der Waals surface area contributed by atoms with Gasteiger partial charge in [0.15, 0.2) is 0 Å². The maximum atomic E-state index is 12.1. The third-order valence-electron chi connectivity index (χ3n) is 3.27. The van der Waals surface area contributed by atoms with Crippen LogP contribution < -0.4 is 11.1 Å². The van der Waals surface area contributed by atoms with E-state index >= 15 is 0 Å². The largest absolute Gasteiger partial charge is 0.375 e.